The summed E-state index contributed by atoms with van der Waals surface area (Å²) in [6.07, 6.45) is 0. The van der Waals surface area contributed by atoms with E-state index in [0.29, 0.717) is 0 Å². The zero-order valence-corrected chi connectivity index (χ0v) is 14.2. The first-order valence-electron chi connectivity index (χ1n) is 6.93. The molecular formula is C16H15NO7S. The van der Waals surface area contributed by atoms with Crippen LogP contribution in [-0.4, -0.2) is 37.2 Å². The van der Waals surface area contributed by atoms with Gasteiger partial charge >= 0.3 is 17.9 Å². The number of para-hydroxylation sites is 1. The second kappa shape index (κ2) is 7.67. The Balaban J connectivity index is 2.34. The Kier molecular flexibility index (Phi) is 5.60. The summed E-state index contributed by atoms with van der Waals surface area (Å²) in [5.74, 6) is -2.56. The van der Waals surface area contributed by atoms with Crippen LogP contribution >= 0.6 is 11.3 Å². The molecule has 1 heterocycles. The molecule has 0 atom stereocenters. The van der Waals surface area contributed by atoms with Gasteiger partial charge in [-0.1, -0.05) is 12.1 Å². The largest absolute Gasteiger partial charge is 0.507 e. The van der Waals surface area contributed by atoms with E-state index in [0.717, 1.165) is 18.4 Å². The number of methoxy groups -OCH3 is 2. The number of nitrogens with two attached hydrogens (primary N) is 1. The Morgan fingerprint density at radius 3 is 2.32 bits per heavy atom. The quantitative estimate of drug-likeness (QED) is 0.608. The third-order valence-corrected chi connectivity index (χ3v) is 4.31. The van der Waals surface area contributed by atoms with Crippen LogP contribution in [0, 0.1) is 0 Å². The lowest BCUT2D eigenvalue weighted by atomic mass is 10.1. The summed E-state index contributed by atoms with van der Waals surface area (Å²) in [5.41, 5.74) is 5.76. The van der Waals surface area contributed by atoms with Gasteiger partial charge < -0.3 is 25.1 Å². The third-order valence-electron chi connectivity index (χ3n) is 3.27. The molecule has 2 rings (SSSR count). The van der Waals surface area contributed by atoms with Crippen molar-refractivity contribution in [3.63, 3.8) is 0 Å². The van der Waals surface area contributed by atoms with Crippen LogP contribution in [0.25, 0.3) is 0 Å². The normalized spacial score (nSPS) is 10.2. The lowest BCUT2D eigenvalue weighted by Gasteiger charge is -2.08. The molecule has 0 amide bonds. The molecule has 1 aromatic heterocycles. The van der Waals surface area contributed by atoms with Gasteiger partial charge in [0, 0.05) is 5.56 Å². The highest BCUT2D eigenvalue weighted by Gasteiger charge is 2.28. The van der Waals surface area contributed by atoms with Crippen LogP contribution in [0.2, 0.25) is 0 Å². The highest BCUT2D eigenvalue weighted by Crippen LogP contribution is 2.33. The maximum atomic E-state index is 12.1. The molecule has 3 N–H and O–H groups in total. The van der Waals surface area contributed by atoms with Gasteiger partial charge in [-0.25, -0.2) is 14.4 Å². The Labute approximate surface area is 146 Å². The van der Waals surface area contributed by atoms with Crippen LogP contribution in [0.15, 0.2) is 24.3 Å². The second-order valence-electron chi connectivity index (χ2n) is 4.73. The van der Waals surface area contributed by atoms with E-state index in [4.69, 9.17) is 10.5 Å². The zero-order valence-electron chi connectivity index (χ0n) is 13.4. The van der Waals surface area contributed by atoms with E-state index in [1.54, 1.807) is 12.1 Å². The molecule has 0 aliphatic carbocycles. The van der Waals surface area contributed by atoms with Gasteiger partial charge in [0.05, 0.1) is 14.2 Å². The van der Waals surface area contributed by atoms with Gasteiger partial charge in [0.15, 0.2) is 0 Å². The van der Waals surface area contributed by atoms with Gasteiger partial charge in [0.1, 0.15) is 33.4 Å². The second-order valence-corrected chi connectivity index (χ2v) is 5.78. The number of phenolic OH excluding ortho intramolecular Hbond substituents is 1. The Hall–Kier alpha value is -3.07. The minimum Gasteiger partial charge on any atom is -0.507 e. The van der Waals surface area contributed by atoms with E-state index in [1.165, 1.54) is 19.2 Å². The summed E-state index contributed by atoms with van der Waals surface area (Å²) in [7, 11) is 2.34. The third kappa shape index (κ3) is 3.72. The highest BCUT2D eigenvalue weighted by molar-refractivity contribution is 7.18. The van der Waals surface area contributed by atoms with Crippen LogP contribution in [0.1, 0.15) is 36.0 Å². The number of nitrogen functional groups attached to an aromatic ring is 1. The predicted molar refractivity (Wildman–Crippen MR) is 88.6 cm³/mol. The van der Waals surface area contributed by atoms with Crippen molar-refractivity contribution in [3.05, 3.63) is 45.8 Å². The van der Waals surface area contributed by atoms with Crippen molar-refractivity contribution in [1.82, 2.24) is 0 Å². The molecular weight excluding hydrogens is 350 g/mol. The molecule has 0 spiro atoms. The summed E-state index contributed by atoms with van der Waals surface area (Å²) in [4.78, 5) is 35.9. The average molecular weight is 365 g/mol. The maximum Gasteiger partial charge on any atom is 0.348 e. The van der Waals surface area contributed by atoms with E-state index in [-0.39, 0.29) is 32.3 Å². The van der Waals surface area contributed by atoms with Gasteiger partial charge in [-0.05, 0) is 12.1 Å². The number of ether oxygens (including phenoxy) is 3. The van der Waals surface area contributed by atoms with E-state index in [9.17, 15) is 19.5 Å². The van der Waals surface area contributed by atoms with Gasteiger partial charge in [0.2, 0.25) is 0 Å². The fraction of sp³-hybridized carbons (Fsp3) is 0.188. The van der Waals surface area contributed by atoms with Crippen molar-refractivity contribution in [2.75, 3.05) is 20.0 Å². The van der Waals surface area contributed by atoms with Gasteiger partial charge in [-0.2, -0.15) is 0 Å². The lowest BCUT2D eigenvalue weighted by Crippen LogP contribution is -2.12. The Morgan fingerprint density at radius 2 is 1.72 bits per heavy atom. The van der Waals surface area contributed by atoms with Crippen LogP contribution in [0.5, 0.6) is 5.75 Å². The lowest BCUT2D eigenvalue weighted by molar-refractivity contribution is 0.0449. The molecule has 0 radical (unpaired) electrons. The van der Waals surface area contributed by atoms with Crippen LogP contribution in [0.3, 0.4) is 0 Å². The number of anilines is 1. The van der Waals surface area contributed by atoms with Crippen molar-refractivity contribution in [1.29, 1.82) is 0 Å². The van der Waals surface area contributed by atoms with Crippen LogP contribution < -0.4 is 5.73 Å². The zero-order chi connectivity index (χ0) is 18.6. The highest BCUT2D eigenvalue weighted by atomic mass is 32.1. The molecule has 0 bridgehead atoms. The number of thiophene rings is 1. The minimum atomic E-state index is -0.825. The minimum absolute atomic E-state index is 0.0329. The van der Waals surface area contributed by atoms with E-state index < -0.39 is 24.5 Å². The van der Waals surface area contributed by atoms with Crippen molar-refractivity contribution >= 4 is 34.2 Å². The van der Waals surface area contributed by atoms with Gasteiger partial charge in [0.25, 0.3) is 0 Å². The van der Waals surface area contributed by atoms with Gasteiger partial charge in [-0.3, -0.25) is 0 Å². The standard InChI is InChI=1S/C16H15NO7S/c1-22-15(20)11-9(12(16(21)23-2)25-13(11)17)7-24-14(19)8-5-3-4-6-10(8)18/h3-6,18H,7,17H2,1-2H3. The number of hydrogen-bond donors (Lipinski definition) is 2. The topological polar surface area (TPSA) is 125 Å². The SMILES string of the molecule is COC(=O)c1sc(N)c(C(=O)OC)c1COC(=O)c1ccccc1O. The molecule has 25 heavy (non-hydrogen) atoms. The van der Waals surface area contributed by atoms with E-state index >= 15 is 0 Å². The molecule has 0 fully saturated rings. The summed E-state index contributed by atoms with van der Waals surface area (Å²) in [6, 6.07) is 5.82. The molecule has 0 unspecified atom stereocenters. The molecule has 0 aliphatic heterocycles. The molecule has 0 aliphatic rings. The van der Waals surface area contributed by atoms with Crippen LogP contribution in [0.4, 0.5) is 5.00 Å². The number of carbonyl (C=O) groups is 3. The van der Waals surface area contributed by atoms with E-state index in [2.05, 4.69) is 9.47 Å². The summed E-state index contributed by atoms with van der Waals surface area (Å²) in [5, 5.41) is 9.72. The van der Waals surface area contributed by atoms with E-state index in [1.807, 2.05) is 0 Å². The molecule has 0 saturated heterocycles. The molecule has 8 nitrogen and oxygen atoms in total. The first-order valence-corrected chi connectivity index (χ1v) is 7.75. The molecule has 9 heteroatoms. The van der Waals surface area contributed by atoms with Crippen molar-refractivity contribution in [2.45, 2.75) is 6.61 Å². The Bertz CT molecular complexity index is 828. The average Bonchev–Trinajstić information content (AvgIpc) is 2.95. The Morgan fingerprint density at radius 1 is 1.08 bits per heavy atom. The number of esters is 3. The summed E-state index contributed by atoms with van der Waals surface area (Å²) < 4.78 is 14.4. The first kappa shape index (κ1) is 18.3. The maximum absolute atomic E-state index is 12.1. The number of carbonyl (C=O) groups excluding carboxylic acids is 3. The van der Waals surface area contributed by atoms with Gasteiger partial charge in [-0.15, -0.1) is 11.3 Å². The number of benzene rings is 1. The molecule has 0 saturated carbocycles. The van der Waals surface area contributed by atoms with Crippen molar-refractivity contribution in [3.8, 4) is 5.75 Å². The van der Waals surface area contributed by atoms with Crippen molar-refractivity contribution < 1.29 is 33.7 Å². The fourth-order valence-corrected chi connectivity index (χ4v) is 3.05. The fourth-order valence-electron chi connectivity index (χ4n) is 2.07. The smallest absolute Gasteiger partial charge is 0.348 e. The van der Waals surface area contributed by atoms with Crippen molar-refractivity contribution in [2.24, 2.45) is 0 Å². The number of phenols is 1. The summed E-state index contributed by atoms with van der Waals surface area (Å²) >= 11 is 0.830. The van der Waals surface area contributed by atoms with Crippen LogP contribution in [-0.2, 0) is 20.8 Å². The number of aromatic hydroxyl groups is 1. The molecule has 2 aromatic rings. The number of rotatable bonds is 5. The number of hydrogen-bond acceptors (Lipinski definition) is 9. The monoisotopic (exact) mass is 365 g/mol. The molecule has 132 valence electrons. The first-order chi connectivity index (χ1) is 11.9. The molecule has 1 aromatic carbocycles. The summed E-state index contributed by atoms with van der Waals surface area (Å²) in [6.45, 7) is -0.421. The predicted octanol–water partition coefficient (Wildman–Crippen LogP) is 1.97.